The van der Waals surface area contributed by atoms with E-state index in [1.165, 1.54) is 0 Å². The molecule has 4 nitrogen and oxygen atoms in total. The monoisotopic (exact) mass is 213 g/mol. The Balaban J connectivity index is 2.10. The maximum Gasteiger partial charge on any atom is 0.224 e. The largest absolute Gasteiger partial charge is 0.379 e. The Bertz CT molecular complexity index is 326. The third kappa shape index (κ3) is 2.13. The first-order valence-corrected chi connectivity index (χ1v) is 4.90. The molecule has 1 unspecified atom stereocenters. The summed E-state index contributed by atoms with van der Waals surface area (Å²) < 4.78 is 5.32. The van der Waals surface area contributed by atoms with Crippen molar-refractivity contribution in [1.82, 2.24) is 9.97 Å². The molecular weight excluding hydrogens is 202 g/mol. The number of aromatic nitrogens is 2. The summed E-state index contributed by atoms with van der Waals surface area (Å²) in [7, 11) is 0. The molecule has 0 bridgehead atoms. The van der Waals surface area contributed by atoms with Crippen LogP contribution in [0.15, 0.2) is 12.3 Å². The molecule has 2 rings (SSSR count). The molecule has 1 aromatic heterocycles. The molecule has 0 amide bonds. The van der Waals surface area contributed by atoms with Crippen LogP contribution in [0.2, 0.25) is 5.28 Å². The summed E-state index contributed by atoms with van der Waals surface area (Å²) in [4.78, 5) is 7.89. The zero-order chi connectivity index (χ0) is 10.0. The van der Waals surface area contributed by atoms with E-state index in [-0.39, 0.29) is 10.8 Å². The molecule has 0 saturated carbocycles. The second-order valence-electron chi connectivity index (χ2n) is 3.70. The van der Waals surface area contributed by atoms with Crippen molar-refractivity contribution >= 4 is 17.4 Å². The first-order valence-electron chi connectivity index (χ1n) is 4.52. The molecule has 2 heterocycles. The third-order valence-corrected chi connectivity index (χ3v) is 2.46. The summed E-state index contributed by atoms with van der Waals surface area (Å²) in [5.41, 5.74) is -0.0301. The maximum atomic E-state index is 5.68. The third-order valence-electron chi connectivity index (χ3n) is 2.27. The quantitative estimate of drug-likeness (QED) is 0.760. The molecule has 1 saturated heterocycles. The minimum Gasteiger partial charge on any atom is -0.379 e. The molecule has 1 aliphatic heterocycles. The molecule has 5 heteroatoms. The summed E-state index contributed by atoms with van der Waals surface area (Å²) in [5.74, 6) is 0.748. The van der Waals surface area contributed by atoms with Gasteiger partial charge in [0.1, 0.15) is 5.82 Å². The number of anilines is 1. The smallest absolute Gasteiger partial charge is 0.224 e. The Morgan fingerprint density at radius 3 is 3.14 bits per heavy atom. The molecule has 0 spiro atoms. The zero-order valence-electron chi connectivity index (χ0n) is 7.96. The van der Waals surface area contributed by atoms with Crippen LogP contribution in [0.5, 0.6) is 0 Å². The molecule has 76 valence electrons. The van der Waals surface area contributed by atoms with Crippen LogP contribution < -0.4 is 5.32 Å². The molecule has 1 fully saturated rings. The second kappa shape index (κ2) is 3.71. The fourth-order valence-electron chi connectivity index (χ4n) is 1.48. The number of hydrogen-bond donors (Lipinski definition) is 1. The lowest BCUT2D eigenvalue weighted by atomic mass is 10.0. The first-order chi connectivity index (χ1) is 6.68. The number of nitrogens with zero attached hydrogens (tertiary/aromatic N) is 2. The van der Waals surface area contributed by atoms with Gasteiger partial charge < -0.3 is 10.1 Å². The van der Waals surface area contributed by atoms with Crippen molar-refractivity contribution in [2.75, 3.05) is 18.5 Å². The van der Waals surface area contributed by atoms with Crippen LogP contribution >= 0.6 is 11.6 Å². The van der Waals surface area contributed by atoms with Crippen LogP contribution in [-0.2, 0) is 4.74 Å². The summed E-state index contributed by atoms with van der Waals surface area (Å²) in [6, 6.07) is 1.80. The number of halogens is 1. The van der Waals surface area contributed by atoms with Gasteiger partial charge in [-0.05, 0) is 31.0 Å². The molecule has 1 aliphatic rings. The maximum absolute atomic E-state index is 5.68. The van der Waals surface area contributed by atoms with Crippen molar-refractivity contribution < 1.29 is 4.74 Å². The van der Waals surface area contributed by atoms with E-state index in [1.54, 1.807) is 12.3 Å². The minimum atomic E-state index is -0.0301. The van der Waals surface area contributed by atoms with Crippen LogP contribution in [0.1, 0.15) is 13.3 Å². The number of nitrogens with one attached hydrogen (secondary N) is 1. The van der Waals surface area contributed by atoms with Crippen LogP contribution in [-0.4, -0.2) is 28.7 Å². The van der Waals surface area contributed by atoms with Gasteiger partial charge in [-0.2, -0.15) is 0 Å². The normalized spacial score (nSPS) is 26.4. The number of ether oxygens (including phenoxy) is 1. The lowest BCUT2D eigenvalue weighted by Crippen LogP contribution is -2.35. The molecule has 14 heavy (non-hydrogen) atoms. The summed E-state index contributed by atoms with van der Waals surface area (Å²) in [6.45, 7) is 3.60. The predicted octanol–water partition coefficient (Wildman–Crippen LogP) is 1.72. The van der Waals surface area contributed by atoms with Crippen molar-refractivity contribution in [3.8, 4) is 0 Å². The SMILES string of the molecule is CC1(Nc2ccnc(Cl)n2)CCOC1. The summed E-state index contributed by atoms with van der Waals surface area (Å²) in [5, 5.41) is 3.56. The van der Waals surface area contributed by atoms with E-state index in [0.29, 0.717) is 6.61 Å². The van der Waals surface area contributed by atoms with Gasteiger partial charge in [0.15, 0.2) is 0 Å². The number of hydrogen-bond acceptors (Lipinski definition) is 4. The van der Waals surface area contributed by atoms with Crippen LogP contribution in [0.3, 0.4) is 0 Å². The molecular formula is C9H12ClN3O. The van der Waals surface area contributed by atoms with Crippen molar-refractivity contribution in [2.24, 2.45) is 0 Å². The summed E-state index contributed by atoms with van der Waals surface area (Å²) >= 11 is 5.68. The van der Waals surface area contributed by atoms with Crippen LogP contribution in [0.4, 0.5) is 5.82 Å². The topological polar surface area (TPSA) is 47.0 Å². The highest BCUT2D eigenvalue weighted by atomic mass is 35.5. The highest BCUT2D eigenvalue weighted by molar-refractivity contribution is 6.28. The Hall–Kier alpha value is -0.870. The number of rotatable bonds is 2. The van der Waals surface area contributed by atoms with Gasteiger partial charge in [-0.25, -0.2) is 9.97 Å². The lowest BCUT2D eigenvalue weighted by molar-refractivity contribution is 0.185. The van der Waals surface area contributed by atoms with E-state index >= 15 is 0 Å². The fraction of sp³-hybridized carbons (Fsp3) is 0.556. The van der Waals surface area contributed by atoms with Crippen molar-refractivity contribution in [3.05, 3.63) is 17.5 Å². The Morgan fingerprint density at radius 2 is 2.50 bits per heavy atom. The van der Waals surface area contributed by atoms with Crippen molar-refractivity contribution in [2.45, 2.75) is 18.9 Å². The van der Waals surface area contributed by atoms with Gasteiger partial charge in [0.05, 0.1) is 12.1 Å². The Morgan fingerprint density at radius 1 is 1.64 bits per heavy atom. The highest BCUT2D eigenvalue weighted by Crippen LogP contribution is 2.22. The molecule has 1 atom stereocenters. The first kappa shape index (κ1) is 9.68. The van der Waals surface area contributed by atoms with Gasteiger partial charge in [-0.3, -0.25) is 0 Å². The molecule has 0 radical (unpaired) electrons. The van der Waals surface area contributed by atoms with E-state index in [2.05, 4.69) is 22.2 Å². The van der Waals surface area contributed by atoms with E-state index in [4.69, 9.17) is 16.3 Å². The zero-order valence-corrected chi connectivity index (χ0v) is 8.71. The fourth-order valence-corrected chi connectivity index (χ4v) is 1.63. The molecule has 0 aliphatic carbocycles. The predicted molar refractivity (Wildman–Crippen MR) is 54.5 cm³/mol. The van der Waals surface area contributed by atoms with Gasteiger partial charge in [0.2, 0.25) is 5.28 Å². The average molecular weight is 214 g/mol. The van der Waals surface area contributed by atoms with Crippen LogP contribution in [0.25, 0.3) is 0 Å². The standard InChI is InChI=1S/C9H12ClN3O/c1-9(3-5-14-6-9)13-7-2-4-11-8(10)12-7/h2,4H,3,5-6H2,1H3,(H,11,12,13). The van der Waals surface area contributed by atoms with E-state index in [0.717, 1.165) is 18.8 Å². The van der Waals surface area contributed by atoms with Gasteiger partial charge in [-0.15, -0.1) is 0 Å². The van der Waals surface area contributed by atoms with Crippen LogP contribution in [0, 0.1) is 0 Å². The van der Waals surface area contributed by atoms with E-state index in [9.17, 15) is 0 Å². The average Bonchev–Trinajstić information content (AvgIpc) is 2.51. The van der Waals surface area contributed by atoms with Gasteiger partial charge in [0.25, 0.3) is 0 Å². The lowest BCUT2D eigenvalue weighted by Gasteiger charge is -2.23. The minimum absolute atomic E-state index is 0.0301. The molecule has 1 aromatic rings. The Labute approximate surface area is 87.7 Å². The molecule has 1 N–H and O–H groups in total. The van der Waals surface area contributed by atoms with Crippen molar-refractivity contribution in [3.63, 3.8) is 0 Å². The Kier molecular flexibility index (Phi) is 2.56. The second-order valence-corrected chi connectivity index (χ2v) is 4.04. The van der Waals surface area contributed by atoms with Crippen molar-refractivity contribution in [1.29, 1.82) is 0 Å². The summed E-state index contributed by atoms with van der Waals surface area (Å²) in [6.07, 6.45) is 2.62. The van der Waals surface area contributed by atoms with E-state index in [1.807, 2.05) is 0 Å². The molecule has 0 aromatic carbocycles. The van der Waals surface area contributed by atoms with Gasteiger partial charge in [-0.1, -0.05) is 0 Å². The van der Waals surface area contributed by atoms with E-state index < -0.39 is 0 Å². The van der Waals surface area contributed by atoms with Gasteiger partial charge in [0, 0.05) is 12.8 Å². The highest BCUT2D eigenvalue weighted by Gasteiger charge is 2.29. The van der Waals surface area contributed by atoms with Gasteiger partial charge >= 0.3 is 0 Å².